The SMILES string of the molecule is NCCCN(Cc1ccccc1)C(=O)c1ccc(NC(=O)C2CC2)cc1. The van der Waals surface area contributed by atoms with E-state index in [1.54, 1.807) is 24.3 Å². The Morgan fingerprint density at radius 2 is 1.73 bits per heavy atom. The van der Waals surface area contributed by atoms with Crippen molar-refractivity contribution in [3.05, 3.63) is 65.7 Å². The normalized spacial score (nSPS) is 13.3. The molecule has 1 saturated carbocycles. The molecule has 1 aliphatic carbocycles. The molecule has 5 heteroatoms. The molecule has 0 heterocycles. The number of benzene rings is 2. The van der Waals surface area contributed by atoms with Crippen molar-refractivity contribution < 1.29 is 9.59 Å². The highest BCUT2D eigenvalue weighted by molar-refractivity contribution is 5.96. The van der Waals surface area contributed by atoms with E-state index in [2.05, 4.69) is 5.32 Å². The number of hydrogen-bond acceptors (Lipinski definition) is 3. The largest absolute Gasteiger partial charge is 0.334 e. The van der Waals surface area contributed by atoms with Gasteiger partial charge in [0.25, 0.3) is 5.91 Å². The van der Waals surface area contributed by atoms with Crippen molar-refractivity contribution in [1.82, 2.24) is 4.90 Å². The van der Waals surface area contributed by atoms with E-state index in [1.807, 2.05) is 35.2 Å². The van der Waals surface area contributed by atoms with Crippen molar-refractivity contribution >= 4 is 17.5 Å². The summed E-state index contributed by atoms with van der Waals surface area (Å²) in [6, 6.07) is 17.0. The van der Waals surface area contributed by atoms with E-state index in [0.717, 1.165) is 30.5 Å². The molecule has 1 aliphatic rings. The van der Waals surface area contributed by atoms with Crippen molar-refractivity contribution in [2.75, 3.05) is 18.4 Å². The van der Waals surface area contributed by atoms with Gasteiger partial charge in [-0.1, -0.05) is 30.3 Å². The second-order valence-corrected chi connectivity index (χ2v) is 6.70. The Bertz CT molecular complexity index is 740. The first-order valence-electron chi connectivity index (χ1n) is 9.11. The molecule has 0 aliphatic heterocycles. The summed E-state index contributed by atoms with van der Waals surface area (Å²) in [5.41, 5.74) is 8.06. The fourth-order valence-electron chi connectivity index (χ4n) is 2.81. The Hall–Kier alpha value is -2.66. The lowest BCUT2D eigenvalue weighted by Gasteiger charge is -2.23. The van der Waals surface area contributed by atoms with Crippen LogP contribution in [-0.4, -0.2) is 29.8 Å². The predicted molar refractivity (Wildman–Crippen MR) is 103 cm³/mol. The van der Waals surface area contributed by atoms with Crippen LogP contribution in [0.25, 0.3) is 0 Å². The van der Waals surface area contributed by atoms with Crippen LogP contribution in [0.5, 0.6) is 0 Å². The minimum absolute atomic E-state index is 0.0256. The van der Waals surface area contributed by atoms with Gasteiger partial charge in [-0.2, -0.15) is 0 Å². The van der Waals surface area contributed by atoms with Gasteiger partial charge in [-0.15, -0.1) is 0 Å². The molecule has 3 N–H and O–H groups in total. The molecule has 0 bridgehead atoms. The number of nitrogens with one attached hydrogen (secondary N) is 1. The van der Waals surface area contributed by atoms with E-state index in [-0.39, 0.29) is 17.7 Å². The van der Waals surface area contributed by atoms with Crippen LogP contribution in [0.3, 0.4) is 0 Å². The van der Waals surface area contributed by atoms with Crippen LogP contribution < -0.4 is 11.1 Å². The number of amides is 2. The van der Waals surface area contributed by atoms with E-state index in [0.29, 0.717) is 25.2 Å². The molecule has 26 heavy (non-hydrogen) atoms. The van der Waals surface area contributed by atoms with Gasteiger partial charge in [0.1, 0.15) is 0 Å². The summed E-state index contributed by atoms with van der Waals surface area (Å²) in [5.74, 6) is 0.203. The highest BCUT2D eigenvalue weighted by atomic mass is 16.2. The Kier molecular flexibility index (Phi) is 6.02. The molecular formula is C21H25N3O2. The Morgan fingerprint density at radius 3 is 2.35 bits per heavy atom. The molecule has 0 aromatic heterocycles. The van der Waals surface area contributed by atoms with Crippen LogP contribution in [0.2, 0.25) is 0 Å². The maximum absolute atomic E-state index is 12.9. The van der Waals surface area contributed by atoms with Crippen molar-refractivity contribution in [2.45, 2.75) is 25.8 Å². The van der Waals surface area contributed by atoms with Crippen LogP contribution in [0.4, 0.5) is 5.69 Å². The number of rotatable bonds is 8. The second-order valence-electron chi connectivity index (χ2n) is 6.70. The van der Waals surface area contributed by atoms with Gasteiger partial charge in [-0.3, -0.25) is 9.59 Å². The maximum Gasteiger partial charge on any atom is 0.254 e. The molecule has 0 saturated heterocycles. The topological polar surface area (TPSA) is 75.4 Å². The third-order valence-corrected chi connectivity index (χ3v) is 4.48. The first-order valence-corrected chi connectivity index (χ1v) is 9.11. The quantitative estimate of drug-likeness (QED) is 0.767. The molecule has 0 spiro atoms. The van der Waals surface area contributed by atoms with E-state index < -0.39 is 0 Å². The maximum atomic E-state index is 12.9. The molecule has 3 rings (SSSR count). The first-order chi connectivity index (χ1) is 12.7. The zero-order chi connectivity index (χ0) is 18.4. The molecule has 5 nitrogen and oxygen atoms in total. The number of anilines is 1. The zero-order valence-corrected chi connectivity index (χ0v) is 14.9. The van der Waals surface area contributed by atoms with Gasteiger partial charge < -0.3 is 16.0 Å². The zero-order valence-electron chi connectivity index (χ0n) is 14.9. The van der Waals surface area contributed by atoms with E-state index >= 15 is 0 Å². The summed E-state index contributed by atoms with van der Waals surface area (Å²) in [4.78, 5) is 26.5. The summed E-state index contributed by atoms with van der Waals surface area (Å²) < 4.78 is 0. The summed E-state index contributed by atoms with van der Waals surface area (Å²) in [5, 5.41) is 2.89. The average Bonchev–Trinajstić information content (AvgIpc) is 3.51. The van der Waals surface area contributed by atoms with Crippen LogP contribution in [0.15, 0.2) is 54.6 Å². The van der Waals surface area contributed by atoms with Gasteiger partial charge in [0.15, 0.2) is 0 Å². The second kappa shape index (κ2) is 8.63. The monoisotopic (exact) mass is 351 g/mol. The third-order valence-electron chi connectivity index (χ3n) is 4.48. The summed E-state index contributed by atoms with van der Waals surface area (Å²) in [6.45, 7) is 1.72. The lowest BCUT2D eigenvalue weighted by molar-refractivity contribution is -0.117. The number of hydrogen-bond donors (Lipinski definition) is 2. The first kappa shape index (κ1) is 18.1. The number of nitrogens with zero attached hydrogens (tertiary/aromatic N) is 1. The van der Waals surface area contributed by atoms with Crippen LogP contribution >= 0.6 is 0 Å². The molecule has 2 aromatic rings. The van der Waals surface area contributed by atoms with Gasteiger partial charge in [0.2, 0.25) is 5.91 Å². The molecule has 136 valence electrons. The van der Waals surface area contributed by atoms with Crippen LogP contribution in [-0.2, 0) is 11.3 Å². The highest BCUT2D eigenvalue weighted by Crippen LogP contribution is 2.30. The number of carbonyl (C=O) groups is 2. The third kappa shape index (κ3) is 4.92. The predicted octanol–water partition coefficient (Wildman–Crippen LogP) is 3.03. The molecule has 0 radical (unpaired) electrons. The summed E-state index contributed by atoms with van der Waals surface area (Å²) in [7, 11) is 0. The van der Waals surface area contributed by atoms with Crippen molar-refractivity contribution in [3.63, 3.8) is 0 Å². The van der Waals surface area contributed by atoms with Crippen LogP contribution in [0.1, 0.15) is 35.2 Å². The Labute approximate surface area is 154 Å². The number of nitrogens with two attached hydrogens (primary N) is 1. The lowest BCUT2D eigenvalue weighted by Crippen LogP contribution is -2.32. The molecule has 2 aromatic carbocycles. The standard InChI is InChI=1S/C21H25N3O2/c22-13-4-14-24(15-16-5-2-1-3-6-16)21(26)18-9-11-19(12-10-18)23-20(25)17-7-8-17/h1-3,5-6,9-12,17H,4,7-8,13-15,22H2,(H,23,25). The Balaban J connectivity index is 1.67. The number of carbonyl (C=O) groups excluding carboxylic acids is 2. The summed E-state index contributed by atoms with van der Waals surface area (Å²) >= 11 is 0. The highest BCUT2D eigenvalue weighted by Gasteiger charge is 2.29. The minimum Gasteiger partial charge on any atom is -0.334 e. The molecule has 0 atom stereocenters. The molecule has 1 fully saturated rings. The van der Waals surface area contributed by atoms with Gasteiger partial charge in [-0.05, 0) is 55.6 Å². The van der Waals surface area contributed by atoms with E-state index in [1.165, 1.54) is 0 Å². The van der Waals surface area contributed by atoms with Gasteiger partial charge in [-0.25, -0.2) is 0 Å². The van der Waals surface area contributed by atoms with Gasteiger partial charge >= 0.3 is 0 Å². The van der Waals surface area contributed by atoms with E-state index in [9.17, 15) is 9.59 Å². The average molecular weight is 351 g/mol. The van der Waals surface area contributed by atoms with Gasteiger partial charge in [0.05, 0.1) is 0 Å². The minimum atomic E-state index is -0.0256. The van der Waals surface area contributed by atoms with Gasteiger partial charge in [0, 0.05) is 30.3 Å². The lowest BCUT2D eigenvalue weighted by atomic mass is 10.1. The Morgan fingerprint density at radius 1 is 1.04 bits per heavy atom. The fourth-order valence-corrected chi connectivity index (χ4v) is 2.81. The van der Waals surface area contributed by atoms with Crippen molar-refractivity contribution in [3.8, 4) is 0 Å². The molecule has 0 unspecified atom stereocenters. The fraction of sp³-hybridized carbons (Fsp3) is 0.333. The van der Waals surface area contributed by atoms with Crippen molar-refractivity contribution in [1.29, 1.82) is 0 Å². The summed E-state index contributed by atoms with van der Waals surface area (Å²) in [6.07, 6.45) is 2.70. The van der Waals surface area contributed by atoms with Crippen molar-refractivity contribution in [2.24, 2.45) is 11.7 Å². The smallest absolute Gasteiger partial charge is 0.254 e. The van der Waals surface area contributed by atoms with E-state index in [4.69, 9.17) is 5.73 Å². The molecule has 2 amide bonds. The van der Waals surface area contributed by atoms with Crippen LogP contribution in [0, 0.1) is 5.92 Å². The molecular weight excluding hydrogens is 326 g/mol.